The lowest BCUT2D eigenvalue weighted by molar-refractivity contribution is 0.660. The van der Waals surface area contributed by atoms with E-state index in [0.717, 1.165) is 34.1 Å². The molecule has 0 N–H and O–H groups in total. The van der Waals surface area contributed by atoms with E-state index in [1.54, 1.807) is 0 Å². The number of nitrogens with zero attached hydrogens (tertiary/aromatic N) is 2. The Morgan fingerprint density at radius 3 is 0.986 bits per heavy atom. The molecule has 0 heterocycles. The molecule has 2 heteroatoms. The van der Waals surface area contributed by atoms with Crippen molar-refractivity contribution < 1.29 is 0 Å². The summed E-state index contributed by atoms with van der Waals surface area (Å²) in [4.78, 5) is 5.02. The second kappa shape index (κ2) is 15.9. The maximum atomic E-state index is 2.51. The van der Waals surface area contributed by atoms with Gasteiger partial charge in [0.1, 0.15) is 0 Å². The molecule has 12 aromatic rings. The van der Waals surface area contributed by atoms with Gasteiger partial charge < -0.3 is 9.80 Å². The van der Waals surface area contributed by atoms with Gasteiger partial charge in [0.05, 0.1) is 11.4 Å². The normalized spacial score (nSPS) is 13.8. The van der Waals surface area contributed by atoms with E-state index in [1.165, 1.54) is 99.1 Å². The highest BCUT2D eigenvalue weighted by molar-refractivity contribution is 6.32. The van der Waals surface area contributed by atoms with E-state index in [1.807, 2.05) is 0 Å². The summed E-state index contributed by atoms with van der Waals surface area (Å²) in [6.45, 7) is 9.50. The van der Waals surface area contributed by atoms with Gasteiger partial charge in [0.25, 0.3) is 0 Å². The number of anilines is 6. The van der Waals surface area contributed by atoms with Crippen LogP contribution in [0.25, 0.3) is 76.8 Å². The Balaban J connectivity index is 1.09. The molecule has 0 atom stereocenters. The monoisotopic (exact) mass is 920 g/mol. The van der Waals surface area contributed by atoms with E-state index in [-0.39, 0.29) is 10.8 Å². The lowest BCUT2D eigenvalue weighted by Crippen LogP contribution is -2.17. The highest BCUT2D eigenvalue weighted by Gasteiger charge is 2.38. The van der Waals surface area contributed by atoms with Crippen molar-refractivity contribution in [2.45, 2.75) is 38.5 Å². The first kappa shape index (κ1) is 42.2. The van der Waals surface area contributed by atoms with Gasteiger partial charge in [0, 0.05) is 55.1 Å². The zero-order valence-electron chi connectivity index (χ0n) is 41.0. The van der Waals surface area contributed by atoms with Gasteiger partial charge >= 0.3 is 0 Å². The minimum absolute atomic E-state index is 0.157. The van der Waals surface area contributed by atoms with Crippen LogP contribution in [0.15, 0.2) is 243 Å². The third-order valence-electron chi connectivity index (χ3n) is 16.2. The van der Waals surface area contributed by atoms with Crippen molar-refractivity contribution in [3.05, 3.63) is 265 Å². The number of hydrogen-bond acceptors (Lipinski definition) is 2. The Kier molecular flexibility index (Phi) is 9.32. The van der Waals surface area contributed by atoms with E-state index < -0.39 is 0 Å². The quantitative estimate of drug-likeness (QED) is 0.140. The predicted octanol–water partition coefficient (Wildman–Crippen LogP) is 19.5. The molecule has 0 aliphatic heterocycles. The van der Waals surface area contributed by atoms with Crippen LogP contribution >= 0.6 is 0 Å². The van der Waals surface area contributed by atoms with Crippen LogP contribution in [0.5, 0.6) is 0 Å². The van der Waals surface area contributed by atoms with Gasteiger partial charge in [-0.3, -0.25) is 0 Å². The topological polar surface area (TPSA) is 6.48 Å². The SMILES string of the molecule is CC1(C)c2ccccc2-c2ccc(N(c3ccccc3)c3cc(-c4ccccc4)c4ccc5c(N(c6ccccc6)c6ccc7c(c6)C(C)(C)c6ccccc6-7)cc(-c6ccccc6)c6ccc3c4c65)cc21. The molecule has 12 aromatic carbocycles. The highest BCUT2D eigenvalue weighted by Crippen LogP contribution is 2.56. The summed E-state index contributed by atoms with van der Waals surface area (Å²) in [5, 5.41) is 7.39. The molecule has 0 amide bonds. The standard InChI is InChI=1S/C70H52N2/c1-69(2)61-31-19-17-29-51(61)53-35-33-49(41-63(53)69)71(47-25-13-7-14-26-47)65-43-59(45-21-9-5-10-22-45)55-38-40-58-66(44-60(46-23-11-6-12-24-46)56-37-39-57(65)67(55)68(56)58)72(48-27-15-8-16-28-48)50-34-36-54-52-30-18-20-32-62(52)70(3,4)64(54)42-50/h5-44H,1-4H3. The molecule has 0 fully saturated rings. The number of hydrogen-bond donors (Lipinski definition) is 0. The van der Waals surface area contributed by atoms with Crippen molar-refractivity contribution in [3.8, 4) is 44.5 Å². The van der Waals surface area contributed by atoms with Gasteiger partial charge in [-0.1, -0.05) is 210 Å². The molecule has 342 valence electrons. The zero-order valence-corrected chi connectivity index (χ0v) is 41.0. The minimum Gasteiger partial charge on any atom is -0.310 e. The summed E-state index contributed by atoms with van der Waals surface area (Å²) in [6.07, 6.45) is 0. The number of fused-ring (bicyclic) bond motifs is 6. The molecule has 2 aliphatic carbocycles. The van der Waals surface area contributed by atoms with Gasteiger partial charge in [0.15, 0.2) is 0 Å². The molecule has 2 nitrogen and oxygen atoms in total. The first-order chi connectivity index (χ1) is 35.3. The fraction of sp³-hybridized carbons (Fsp3) is 0.0857. The molecule has 0 unspecified atom stereocenters. The molecular weight excluding hydrogens is 869 g/mol. The molecule has 0 bridgehead atoms. The van der Waals surface area contributed by atoms with Crippen molar-refractivity contribution in [1.29, 1.82) is 0 Å². The molecule has 14 rings (SSSR count). The van der Waals surface area contributed by atoms with Crippen molar-refractivity contribution in [1.82, 2.24) is 0 Å². The van der Waals surface area contributed by atoms with Crippen LogP contribution in [0, 0.1) is 0 Å². The smallest absolute Gasteiger partial charge is 0.0546 e. The molecule has 0 radical (unpaired) electrons. The third-order valence-corrected chi connectivity index (χ3v) is 16.2. The lowest BCUT2D eigenvalue weighted by atomic mass is 9.82. The van der Waals surface area contributed by atoms with Crippen LogP contribution in [0.2, 0.25) is 0 Å². The number of benzene rings is 12. The fourth-order valence-electron chi connectivity index (χ4n) is 12.7. The summed E-state index contributed by atoms with van der Waals surface area (Å²) < 4.78 is 0. The van der Waals surface area contributed by atoms with Crippen LogP contribution in [-0.4, -0.2) is 0 Å². The second-order valence-corrected chi connectivity index (χ2v) is 20.8. The second-order valence-electron chi connectivity index (χ2n) is 20.8. The average molecular weight is 921 g/mol. The van der Waals surface area contributed by atoms with Crippen LogP contribution in [-0.2, 0) is 10.8 Å². The van der Waals surface area contributed by atoms with E-state index in [2.05, 4.69) is 280 Å². The average Bonchev–Trinajstić information content (AvgIpc) is 3.80. The van der Waals surface area contributed by atoms with Crippen LogP contribution in [0.1, 0.15) is 49.9 Å². The summed E-state index contributed by atoms with van der Waals surface area (Å²) >= 11 is 0. The van der Waals surface area contributed by atoms with Crippen LogP contribution in [0.4, 0.5) is 34.1 Å². The van der Waals surface area contributed by atoms with Gasteiger partial charge in [0.2, 0.25) is 0 Å². The van der Waals surface area contributed by atoms with Gasteiger partial charge in [-0.15, -0.1) is 0 Å². The Morgan fingerprint density at radius 1 is 0.250 bits per heavy atom. The molecule has 0 saturated carbocycles. The van der Waals surface area contributed by atoms with E-state index in [0.29, 0.717) is 0 Å². The zero-order chi connectivity index (χ0) is 48.3. The Morgan fingerprint density at radius 2 is 0.583 bits per heavy atom. The summed E-state index contributed by atoms with van der Waals surface area (Å²) in [6, 6.07) is 90.6. The largest absolute Gasteiger partial charge is 0.310 e. The Hall–Kier alpha value is -8.72. The van der Waals surface area contributed by atoms with E-state index >= 15 is 0 Å². The number of para-hydroxylation sites is 2. The van der Waals surface area contributed by atoms with Crippen LogP contribution < -0.4 is 9.80 Å². The number of rotatable bonds is 8. The first-order valence-corrected chi connectivity index (χ1v) is 25.3. The first-order valence-electron chi connectivity index (χ1n) is 25.3. The fourth-order valence-corrected chi connectivity index (χ4v) is 12.7. The summed E-state index contributed by atoms with van der Waals surface area (Å²) in [5.41, 5.74) is 22.0. The molecule has 0 saturated heterocycles. The van der Waals surface area contributed by atoms with Crippen molar-refractivity contribution in [2.24, 2.45) is 0 Å². The Labute approximate surface area is 422 Å². The van der Waals surface area contributed by atoms with E-state index in [4.69, 9.17) is 0 Å². The molecule has 0 spiro atoms. The molecule has 2 aliphatic rings. The van der Waals surface area contributed by atoms with Crippen molar-refractivity contribution in [3.63, 3.8) is 0 Å². The van der Waals surface area contributed by atoms with Crippen molar-refractivity contribution in [2.75, 3.05) is 9.80 Å². The molecule has 72 heavy (non-hydrogen) atoms. The molecule has 0 aromatic heterocycles. The minimum atomic E-state index is -0.157. The molecular formula is C70H52N2. The predicted molar refractivity (Wildman–Crippen MR) is 306 cm³/mol. The van der Waals surface area contributed by atoms with Crippen molar-refractivity contribution >= 4 is 66.4 Å². The Bertz CT molecular complexity index is 3810. The van der Waals surface area contributed by atoms with Crippen LogP contribution in [0.3, 0.4) is 0 Å². The van der Waals surface area contributed by atoms with Gasteiger partial charge in [-0.05, 0) is 138 Å². The van der Waals surface area contributed by atoms with Gasteiger partial charge in [-0.2, -0.15) is 0 Å². The third kappa shape index (κ3) is 6.22. The van der Waals surface area contributed by atoms with Gasteiger partial charge in [-0.25, -0.2) is 0 Å². The summed E-state index contributed by atoms with van der Waals surface area (Å²) in [7, 11) is 0. The lowest BCUT2D eigenvalue weighted by Gasteiger charge is -2.32. The summed E-state index contributed by atoms with van der Waals surface area (Å²) in [5.74, 6) is 0. The van der Waals surface area contributed by atoms with E-state index in [9.17, 15) is 0 Å². The maximum absolute atomic E-state index is 2.51. The highest BCUT2D eigenvalue weighted by atomic mass is 15.2. The maximum Gasteiger partial charge on any atom is 0.0546 e.